The molecule has 1 aromatic rings. The average molecular weight is 241 g/mol. The van der Waals surface area contributed by atoms with Gasteiger partial charge in [0.05, 0.1) is 6.10 Å². The number of carbonyl (C=O) groups is 1. The van der Waals surface area contributed by atoms with Gasteiger partial charge in [-0.1, -0.05) is 13.0 Å². The van der Waals surface area contributed by atoms with Crippen molar-refractivity contribution in [2.24, 2.45) is 5.92 Å². The molecule has 3 nitrogen and oxygen atoms in total. The third kappa shape index (κ3) is 4.77. The van der Waals surface area contributed by atoms with Gasteiger partial charge < -0.3 is 10.4 Å². The fourth-order valence-electron chi connectivity index (χ4n) is 1.40. The Kier molecular flexibility index (Phi) is 5.49. The molecule has 0 aromatic carbocycles. The number of hydrogen-bond acceptors (Lipinski definition) is 3. The van der Waals surface area contributed by atoms with Gasteiger partial charge in [-0.2, -0.15) is 0 Å². The highest BCUT2D eigenvalue weighted by Gasteiger charge is 2.13. The zero-order valence-corrected chi connectivity index (χ0v) is 10.6. The van der Waals surface area contributed by atoms with E-state index in [0.29, 0.717) is 13.0 Å². The van der Waals surface area contributed by atoms with Crippen molar-refractivity contribution in [3.05, 3.63) is 22.4 Å². The first kappa shape index (κ1) is 13.2. The van der Waals surface area contributed by atoms with Crippen LogP contribution < -0.4 is 5.32 Å². The maximum atomic E-state index is 11.7. The van der Waals surface area contributed by atoms with Crippen molar-refractivity contribution in [2.75, 3.05) is 6.54 Å². The van der Waals surface area contributed by atoms with Gasteiger partial charge in [0.15, 0.2) is 0 Å². The fraction of sp³-hybridized carbons (Fsp3) is 0.583. The molecule has 4 heteroatoms. The molecule has 2 N–H and O–H groups in total. The minimum Gasteiger partial charge on any atom is -0.393 e. The van der Waals surface area contributed by atoms with E-state index in [-0.39, 0.29) is 17.9 Å². The van der Waals surface area contributed by atoms with Crippen LogP contribution in [0.15, 0.2) is 17.5 Å². The van der Waals surface area contributed by atoms with Crippen LogP contribution in [0.25, 0.3) is 0 Å². The Balaban J connectivity index is 2.25. The molecule has 90 valence electrons. The standard InChI is InChI=1S/C12H19NO2S/c1-9(8-11-4-3-7-16-11)12(15)13-6-5-10(2)14/h3-4,7,9-10,14H,5-6,8H2,1-2H3,(H,13,15). The van der Waals surface area contributed by atoms with Crippen LogP contribution in [0.2, 0.25) is 0 Å². The Hall–Kier alpha value is -0.870. The van der Waals surface area contributed by atoms with Crippen molar-refractivity contribution in [2.45, 2.75) is 32.8 Å². The van der Waals surface area contributed by atoms with Gasteiger partial charge in [0.25, 0.3) is 0 Å². The molecule has 0 aliphatic carbocycles. The summed E-state index contributed by atoms with van der Waals surface area (Å²) < 4.78 is 0. The molecule has 2 atom stereocenters. The number of nitrogens with one attached hydrogen (secondary N) is 1. The highest BCUT2D eigenvalue weighted by Crippen LogP contribution is 2.14. The monoisotopic (exact) mass is 241 g/mol. The van der Waals surface area contributed by atoms with E-state index in [0.717, 1.165) is 6.42 Å². The van der Waals surface area contributed by atoms with Crippen molar-refractivity contribution in [3.8, 4) is 0 Å². The Morgan fingerprint density at radius 3 is 2.88 bits per heavy atom. The lowest BCUT2D eigenvalue weighted by Crippen LogP contribution is -2.32. The van der Waals surface area contributed by atoms with Gasteiger partial charge in [-0.05, 0) is 31.2 Å². The second kappa shape index (κ2) is 6.66. The maximum absolute atomic E-state index is 11.7. The number of aliphatic hydroxyl groups excluding tert-OH is 1. The van der Waals surface area contributed by atoms with E-state index in [1.165, 1.54) is 4.88 Å². The largest absolute Gasteiger partial charge is 0.393 e. The predicted molar refractivity (Wildman–Crippen MR) is 66.5 cm³/mol. The molecule has 0 saturated carbocycles. The molecular formula is C12H19NO2S. The summed E-state index contributed by atoms with van der Waals surface area (Å²) in [6.45, 7) is 4.20. The van der Waals surface area contributed by atoms with Crippen molar-refractivity contribution in [1.29, 1.82) is 0 Å². The zero-order valence-electron chi connectivity index (χ0n) is 9.77. The molecule has 0 aliphatic rings. The third-order valence-electron chi connectivity index (χ3n) is 2.40. The zero-order chi connectivity index (χ0) is 12.0. The van der Waals surface area contributed by atoms with Gasteiger partial charge in [-0.15, -0.1) is 11.3 Å². The topological polar surface area (TPSA) is 49.3 Å². The summed E-state index contributed by atoms with van der Waals surface area (Å²) in [6.07, 6.45) is 1.04. The summed E-state index contributed by atoms with van der Waals surface area (Å²) >= 11 is 1.68. The van der Waals surface area contributed by atoms with Crippen LogP contribution in [0.4, 0.5) is 0 Å². The minimum atomic E-state index is -0.354. The Morgan fingerprint density at radius 1 is 1.56 bits per heavy atom. The summed E-state index contributed by atoms with van der Waals surface area (Å²) in [5.74, 6) is 0.0571. The van der Waals surface area contributed by atoms with Crippen LogP contribution in [0, 0.1) is 5.92 Å². The van der Waals surface area contributed by atoms with Gasteiger partial charge in [-0.25, -0.2) is 0 Å². The van der Waals surface area contributed by atoms with Crippen molar-refractivity contribution >= 4 is 17.2 Å². The van der Waals surface area contributed by atoms with Gasteiger partial charge in [0, 0.05) is 17.3 Å². The highest BCUT2D eigenvalue weighted by molar-refractivity contribution is 7.09. The molecular weight excluding hydrogens is 222 g/mol. The lowest BCUT2D eigenvalue weighted by molar-refractivity contribution is -0.124. The van der Waals surface area contributed by atoms with Crippen molar-refractivity contribution in [3.63, 3.8) is 0 Å². The van der Waals surface area contributed by atoms with Crippen molar-refractivity contribution < 1.29 is 9.90 Å². The van der Waals surface area contributed by atoms with Crippen LogP contribution in [0.3, 0.4) is 0 Å². The molecule has 1 amide bonds. The molecule has 1 rings (SSSR count). The molecule has 0 aliphatic heterocycles. The smallest absolute Gasteiger partial charge is 0.223 e. The van der Waals surface area contributed by atoms with Gasteiger partial charge in [0.2, 0.25) is 5.91 Å². The van der Waals surface area contributed by atoms with Crippen LogP contribution in [-0.4, -0.2) is 23.7 Å². The van der Waals surface area contributed by atoms with Crippen LogP contribution in [0.5, 0.6) is 0 Å². The van der Waals surface area contributed by atoms with E-state index in [2.05, 4.69) is 5.32 Å². The quantitative estimate of drug-likeness (QED) is 0.798. The second-order valence-electron chi connectivity index (χ2n) is 4.11. The first-order valence-electron chi connectivity index (χ1n) is 5.57. The molecule has 0 radical (unpaired) electrons. The van der Waals surface area contributed by atoms with E-state index in [1.54, 1.807) is 18.3 Å². The summed E-state index contributed by atoms with van der Waals surface area (Å²) in [7, 11) is 0. The minimum absolute atomic E-state index is 0.00681. The highest BCUT2D eigenvalue weighted by atomic mass is 32.1. The average Bonchev–Trinajstić information content (AvgIpc) is 2.69. The normalized spacial score (nSPS) is 14.4. The van der Waals surface area contributed by atoms with E-state index in [9.17, 15) is 4.79 Å². The molecule has 0 spiro atoms. The molecule has 1 aromatic heterocycles. The SMILES string of the molecule is CC(O)CCNC(=O)C(C)Cc1cccs1. The maximum Gasteiger partial charge on any atom is 0.223 e. The number of aliphatic hydroxyl groups is 1. The molecule has 0 bridgehead atoms. The van der Waals surface area contributed by atoms with Crippen LogP contribution in [-0.2, 0) is 11.2 Å². The number of carbonyl (C=O) groups excluding carboxylic acids is 1. The third-order valence-corrected chi connectivity index (χ3v) is 3.30. The van der Waals surface area contributed by atoms with Crippen LogP contribution in [0.1, 0.15) is 25.1 Å². The lowest BCUT2D eigenvalue weighted by atomic mass is 10.1. The number of hydrogen-bond donors (Lipinski definition) is 2. The summed E-state index contributed by atoms with van der Waals surface area (Å²) in [5.41, 5.74) is 0. The lowest BCUT2D eigenvalue weighted by Gasteiger charge is -2.11. The molecule has 2 unspecified atom stereocenters. The van der Waals surface area contributed by atoms with Gasteiger partial charge >= 0.3 is 0 Å². The Labute approximate surface area is 100 Å². The first-order chi connectivity index (χ1) is 7.59. The van der Waals surface area contributed by atoms with Crippen molar-refractivity contribution in [1.82, 2.24) is 5.32 Å². The van der Waals surface area contributed by atoms with E-state index in [1.807, 2.05) is 24.4 Å². The molecule has 0 fully saturated rings. The van der Waals surface area contributed by atoms with E-state index >= 15 is 0 Å². The second-order valence-corrected chi connectivity index (χ2v) is 5.15. The fourth-order valence-corrected chi connectivity index (χ4v) is 2.24. The van der Waals surface area contributed by atoms with Crippen LogP contribution >= 0.6 is 11.3 Å². The number of amides is 1. The molecule has 1 heterocycles. The van der Waals surface area contributed by atoms with E-state index in [4.69, 9.17) is 5.11 Å². The Bertz CT molecular complexity index is 309. The van der Waals surface area contributed by atoms with Gasteiger partial charge in [-0.3, -0.25) is 4.79 Å². The summed E-state index contributed by atoms with van der Waals surface area (Å²) in [4.78, 5) is 12.9. The molecule has 16 heavy (non-hydrogen) atoms. The van der Waals surface area contributed by atoms with E-state index < -0.39 is 0 Å². The molecule has 0 saturated heterocycles. The van der Waals surface area contributed by atoms with Gasteiger partial charge in [0.1, 0.15) is 0 Å². The number of thiophene rings is 1. The predicted octanol–water partition coefficient (Wildman–Crippen LogP) is 1.81. The number of rotatable bonds is 6. The first-order valence-corrected chi connectivity index (χ1v) is 6.45. The summed E-state index contributed by atoms with van der Waals surface area (Å²) in [6, 6.07) is 4.04. The summed E-state index contributed by atoms with van der Waals surface area (Å²) in [5, 5.41) is 13.9. The Morgan fingerprint density at radius 2 is 2.31 bits per heavy atom.